The maximum absolute atomic E-state index is 12.1. The second kappa shape index (κ2) is 8.89. The molecule has 28 heavy (non-hydrogen) atoms. The van der Waals surface area contributed by atoms with Crippen LogP contribution in [0.4, 0.5) is 18.9 Å². The van der Waals surface area contributed by atoms with Gasteiger partial charge in [-0.3, -0.25) is 4.79 Å². The number of ether oxygens (including phenoxy) is 3. The van der Waals surface area contributed by atoms with Crippen LogP contribution in [-0.2, 0) is 14.3 Å². The highest BCUT2D eigenvalue weighted by Crippen LogP contribution is 2.22. The predicted molar refractivity (Wildman–Crippen MR) is 89.8 cm³/mol. The molecule has 2 aromatic rings. The summed E-state index contributed by atoms with van der Waals surface area (Å²) in [4.78, 5) is 35.0. The number of carbonyl (C=O) groups excluding carboxylic acids is 3. The lowest BCUT2D eigenvalue weighted by molar-refractivity contribution is -0.274. The number of benzene rings is 2. The number of carbonyl (C=O) groups is 3. The van der Waals surface area contributed by atoms with E-state index in [2.05, 4.69) is 14.8 Å². The van der Waals surface area contributed by atoms with Gasteiger partial charge in [0.1, 0.15) is 5.75 Å². The molecule has 0 atom stereocenters. The van der Waals surface area contributed by atoms with Gasteiger partial charge in [-0.05, 0) is 48.5 Å². The number of amides is 1. The molecule has 2 aromatic carbocycles. The molecule has 1 N–H and O–H groups in total. The van der Waals surface area contributed by atoms with E-state index in [1.165, 1.54) is 31.4 Å². The molecule has 0 fully saturated rings. The zero-order valence-corrected chi connectivity index (χ0v) is 14.4. The van der Waals surface area contributed by atoms with Crippen molar-refractivity contribution in [1.29, 1.82) is 0 Å². The fraction of sp³-hybridized carbons (Fsp3) is 0.167. The normalized spacial score (nSPS) is 10.7. The number of methoxy groups -OCH3 is 1. The first-order valence-electron chi connectivity index (χ1n) is 7.69. The molecule has 0 aliphatic rings. The second-order valence-electron chi connectivity index (χ2n) is 5.27. The molecule has 0 saturated heterocycles. The number of alkyl halides is 3. The van der Waals surface area contributed by atoms with Gasteiger partial charge in [0.15, 0.2) is 6.61 Å². The Labute approximate surface area is 157 Å². The second-order valence-corrected chi connectivity index (χ2v) is 5.27. The summed E-state index contributed by atoms with van der Waals surface area (Å²) in [5.41, 5.74) is 0.608. The van der Waals surface area contributed by atoms with Gasteiger partial charge in [0.25, 0.3) is 5.91 Å². The molecule has 148 valence electrons. The molecular formula is C18H14F3NO6. The monoisotopic (exact) mass is 397 g/mol. The fourth-order valence-corrected chi connectivity index (χ4v) is 2.01. The minimum Gasteiger partial charge on any atom is -0.465 e. The molecule has 1 amide bonds. The maximum Gasteiger partial charge on any atom is 0.573 e. The summed E-state index contributed by atoms with van der Waals surface area (Å²) in [6.07, 6.45) is -4.84. The van der Waals surface area contributed by atoms with E-state index in [1.807, 2.05) is 0 Å². The van der Waals surface area contributed by atoms with Crippen molar-refractivity contribution in [3.63, 3.8) is 0 Å². The molecule has 7 nitrogen and oxygen atoms in total. The van der Waals surface area contributed by atoms with Gasteiger partial charge in [-0.1, -0.05) is 0 Å². The Morgan fingerprint density at radius 3 is 1.96 bits per heavy atom. The molecular weight excluding hydrogens is 383 g/mol. The van der Waals surface area contributed by atoms with Gasteiger partial charge in [0.2, 0.25) is 0 Å². The topological polar surface area (TPSA) is 90.9 Å². The van der Waals surface area contributed by atoms with E-state index >= 15 is 0 Å². The number of rotatable bonds is 6. The van der Waals surface area contributed by atoms with Gasteiger partial charge in [0, 0.05) is 5.69 Å². The number of hydrogen-bond donors (Lipinski definition) is 1. The summed E-state index contributed by atoms with van der Waals surface area (Å²) in [5.74, 6) is -2.55. The summed E-state index contributed by atoms with van der Waals surface area (Å²) >= 11 is 0. The van der Waals surface area contributed by atoms with Crippen LogP contribution in [0.15, 0.2) is 48.5 Å². The van der Waals surface area contributed by atoms with E-state index in [0.29, 0.717) is 11.3 Å². The summed E-state index contributed by atoms with van der Waals surface area (Å²) in [6, 6.07) is 9.87. The third kappa shape index (κ3) is 6.31. The van der Waals surface area contributed by atoms with Crippen LogP contribution in [0.5, 0.6) is 5.75 Å². The lowest BCUT2D eigenvalue weighted by atomic mass is 10.2. The van der Waals surface area contributed by atoms with Gasteiger partial charge in [0.05, 0.1) is 18.2 Å². The van der Waals surface area contributed by atoms with E-state index in [9.17, 15) is 27.6 Å². The number of anilines is 1. The largest absolute Gasteiger partial charge is 0.573 e. The first-order chi connectivity index (χ1) is 13.2. The quantitative estimate of drug-likeness (QED) is 0.753. The van der Waals surface area contributed by atoms with Crippen LogP contribution in [0.2, 0.25) is 0 Å². The Hall–Kier alpha value is -3.56. The summed E-state index contributed by atoms with van der Waals surface area (Å²) in [6.45, 7) is -0.613. The fourth-order valence-electron chi connectivity index (χ4n) is 2.01. The smallest absolute Gasteiger partial charge is 0.465 e. The average Bonchev–Trinajstić information content (AvgIpc) is 2.65. The van der Waals surface area contributed by atoms with Crippen LogP contribution < -0.4 is 10.1 Å². The number of hydrogen-bond acceptors (Lipinski definition) is 6. The zero-order chi connectivity index (χ0) is 20.7. The van der Waals surface area contributed by atoms with Crippen molar-refractivity contribution in [3.05, 3.63) is 59.7 Å². The number of halogens is 3. The highest BCUT2D eigenvalue weighted by atomic mass is 19.4. The van der Waals surface area contributed by atoms with Crippen molar-refractivity contribution in [3.8, 4) is 5.75 Å². The first kappa shape index (κ1) is 20.7. The van der Waals surface area contributed by atoms with E-state index in [1.54, 1.807) is 0 Å². The van der Waals surface area contributed by atoms with Gasteiger partial charge >= 0.3 is 18.3 Å². The molecule has 0 saturated carbocycles. The molecule has 0 spiro atoms. The molecule has 10 heteroatoms. The minimum atomic E-state index is -4.84. The number of esters is 2. The van der Waals surface area contributed by atoms with E-state index in [-0.39, 0.29) is 5.56 Å². The van der Waals surface area contributed by atoms with Gasteiger partial charge in [-0.2, -0.15) is 0 Å². The van der Waals surface area contributed by atoms with Crippen molar-refractivity contribution in [2.24, 2.45) is 0 Å². The van der Waals surface area contributed by atoms with Gasteiger partial charge < -0.3 is 19.5 Å². The molecule has 0 radical (unpaired) electrons. The minimum absolute atomic E-state index is 0.0512. The van der Waals surface area contributed by atoms with Crippen LogP contribution in [0.3, 0.4) is 0 Å². The highest BCUT2D eigenvalue weighted by molar-refractivity contribution is 5.96. The van der Waals surface area contributed by atoms with Gasteiger partial charge in [-0.25, -0.2) is 9.59 Å². The predicted octanol–water partition coefficient (Wildman–Crippen LogP) is 3.17. The van der Waals surface area contributed by atoms with Crippen LogP contribution >= 0.6 is 0 Å². The molecule has 2 rings (SSSR count). The SMILES string of the molecule is COC(=O)c1ccc(NC(=O)COC(=O)c2ccc(OC(F)(F)F)cc2)cc1. The average molecular weight is 397 g/mol. The van der Waals surface area contributed by atoms with E-state index in [4.69, 9.17) is 4.74 Å². The summed E-state index contributed by atoms with van der Waals surface area (Å²) in [7, 11) is 1.24. The zero-order valence-electron chi connectivity index (χ0n) is 14.4. The molecule has 0 aliphatic carbocycles. The van der Waals surface area contributed by atoms with Crippen molar-refractivity contribution < 1.29 is 41.8 Å². The molecule has 0 aliphatic heterocycles. The first-order valence-corrected chi connectivity index (χ1v) is 7.69. The molecule has 0 aromatic heterocycles. The molecule has 0 heterocycles. The maximum atomic E-state index is 12.1. The van der Waals surface area contributed by atoms with Crippen LogP contribution in [0.1, 0.15) is 20.7 Å². The summed E-state index contributed by atoms with van der Waals surface area (Å²) < 4.78 is 49.3. The molecule has 0 bridgehead atoms. The van der Waals surface area contributed by atoms with E-state index in [0.717, 1.165) is 24.3 Å². The Morgan fingerprint density at radius 1 is 0.893 bits per heavy atom. The van der Waals surface area contributed by atoms with Crippen LogP contribution in [-0.4, -0.2) is 37.9 Å². The third-order valence-corrected chi connectivity index (χ3v) is 3.25. The number of nitrogens with one attached hydrogen (secondary N) is 1. The van der Waals surface area contributed by atoms with Crippen molar-refractivity contribution in [2.75, 3.05) is 19.0 Å². The van der Waals surface area contributed by atoms with Gasteiger partial charge in [-0.15, -0.1) is 13.2 Å². The Kier molecular flexibility index (Phi) is 6.59. The highest BCUT2D eigenvalue weighted by Gasteiger charge is 2.31. The Morgan fingerprint density at radius 2 is 1.43 bits per heavy atom. The Balaban J connectivity index is 1.85. The lowest BCUT2D eigenvalue weighted by Crippen LogP contribution is -2.21. The third-order valence-electron chi connectivity index (χ3n) is 3.25. The van der Waals surface area contributed by atoms with E-state index < -0.39 is 36.6 Å². The van der Waals surface area contributed by atoms with Crippen LogP contribution in [0, 0.1) is 0 Å². The summed E-state index contributed by atoms with van der Waals surface area (Å²) in [5, 5.41) is 2.45. The lowest BCUT2D eigenvalue weighted by Gasteiger charge is -2.09. The van der Waals surface area contributed by atoms with Crippen molar-refractivity contribution >= 4 is 23.5 Å². The molecule has 0 unspecified atom stereocenters. The Bertz CT molecular complexity index is 847. The standard InChI is InChI=1S/C18H14F3NO6/c1-26-16(24)11-2-6-13(7-3-11)22-15(23)10-27-17(25)12-4-8-14(9-5-12)28-18(19,20)21/h2-9H,10H2,1H3,(H,22,23). The van der Waals surface area contributed by atoms with Crippen molar-refractivity contribution in [1.82, 2.24) is 0 Å². The van der Waals surface area contributed by atoms with Crippen molar-refractivity contribution in [2.45, 2.75) is 6.36 Å². The van der Waals surface area contributed by atoms with Crippen LogP contribution in [0.25, 0.3) is 0 Å².